The summed E-state index contributed by atoms with van der Waals surface area (Å²) < 4.78 is 7.35. The van der Waals surface area contributed by atoms with Crippen molar-refractivity contribution in [3.05, 3.63) is 42.7 Å². The van der Waals surface area contributed by atoms with E-state index < -0.39 is 0 Å². The Hall–Kier alpha value is -2.54. The summed E-state index contributed by atoms with van der Waals surface area (Å²) in [6.07, 6.45) is 8.06. The molecule has 0 bridgehead atoms. The second-order valence-electron chi connectivity index (χ2n) is 7.48. The SMILES string of the molecule is CCOc1ccc(-c2cc3c(SCC(=O)N4CCCC[C@@H]4CC)nccn3n2)cc1. The molecule has 1 amide bonds. The lowest BCUT2D eigenvalue weighted by molar-refractivity contribution is -0.132. The van der Waals surface area contributed by atoms with Crippen LogP contribution in [0, 0.1) is 0 Å². The summed E-state index contributed by atoms with van der Waals surface area (Å²) in [5.74, 6) is 1.47. The van der Waals surface area contributed by atoms with Gasteiger partial charge >= 0.3 is 0 Å². The number of thioether (sulfide) groups is 1. The molecular weight excluding hydrogens is 396 g/mol. The molecule has 0 unspecified atom stereocenters. The van der Waals surface area contributed by atoms with Gasteiger partial charge in [0.25, 0.3) is 0 Å². The van der Waals surface area contributed by atoms with E-state index in [9.17, 15) is 4.79 Å². The van der Waals surface area contributed by atoms with Crippen molar-refractivity contribution < 1.29 is 9.53 Å². The summed E-state index contributed by atoms with van der Waals surface area (Å²) in [7, 11) is 0. The Bertz CT molecular complexity index is 1000. The molecule has 7 heteroatoms. The zero-order chi connectivity index (χ0) is 20.9. The first-order chi connectivity index (χ1) is 14.7. The molecule has 0 aliphatic carbocycles. The molecule has 0 N–H and O–H groups in total. The Kier molecular flexibility index (Phi) is 6.57. The number of carbonyl (C=O) groups excluding carboxylic acids is 1. The zero-order valence-corrected chi connectivity index (χ0v) is 18.4. The molecule has 1 aliphatic rings. The molecule has 0 saturated carbocycles. The summed E-state index contributed by atoms with van der Waals surface area (Å²) in [6, 6.07) is 10.4. The Labute approximate surface area is 181 Å². The highest BCUT2D eigenvalue weighted by molar-refractivity contribution is 8.00. The number of piperidine rings is 1. The van der Waals surface area contributed by atoms with Gasteiger partial charge in [0.1, 0.15) is 10.8 Å². The highest BCUT2D eigenvalue weighted by Gasteiger charge is 2.25. The third-order valence-electron chi connectivity index (χ3n) is 5.57. The molecule has 0 spiro atoms. The molecule has 1 saturated heterocycles. The zero-order valence-electron chi connectivity index (χ0n) is 17.6. The number of hydrogen-bond acceptors (Lipinski definition) is 5. The van der Waals surface area contributed by atoms with E-state index in [2.05, 4.69) is 21.9 Å². The first kappa shape index (κ1) is 20.7. The molecule has 30 heavy (non-hydrogen) atoms. The van der Waals surface area contributed by atoms with Crippen LogP contribution in [0.15, 0.2) is 47.8 Å². The van der Waals surface area contributed by atoms with E-state index >= 15 is 0 Å². The van der Waals surface area contributed by atoms with E-state index in [0.717, 1.165) is 53.4 Å². The van der Waals surface area contributed by atoms with Crippen LogP contribution in [-0.2, 0) is 4.79 Å². The fraction of sp³-hybridized carbons (Fsp3) is 0.435. The maximum atomic E-state index is 12.8. The van der Waals surface area contributed by atoms with E-state index in [1.54, 1.807) is 6.20 Å². The molecule has 1 fully saturated rings. The lowest BCUT2D eigenvalue weighted by Gasteiger charge is -2.35. The van der Waals surface area contributed by atoms with Crippen molar-refractivity contribution in [1.82, 2.24) is 19.5 Å². The van der Waals surface area contributed by atoms with Gasteiger partial charge in [-0.3, -0.25) is 4.79 Å². The average molecular weight is 425 g/mol. The highest BCUT2D eigenvalue weighted by Crippen LogP contribution is 2.28. The van der Waals surface area contributed by atoms with Gasteiger partial charge in [-0.2, -0.15) is 5.10 Å². The number of aromatic nitrogens is 3. The molecular formula is C23H28N4O2S. The lowest BCUT2D eigenvalue weighted by Crippen LogP contribution is -2.44. The number of hydrogen-bond donors (Lipinski definition) is 0. The molecule has 158 valence electrons. The van der Waals surface area contributed by atoms with Crippen LogP contribution < -0.4 is 4.74 Å². The maximum absolute atomic E-state index is 12.8. The number of ether oxygens (including phenoxy) is 1. The molecule has 3 aromatic rings. The summed E-state index contributed by atoms with van der Waals surface area (Å²) in [4.78, 5) is 19.4. The molecule has 2 aromatic heterocycles. The fourth-order valence-corrected chi connectivity index (χ4v) is 4.87. The molecule has 0 radical (unpaired) electrons. The van der Waals surface area contributed by atoms with E-state index in [0.29, 0.717) is 18.4 Å². The molecule has 4 rings (SSSR count). The monoisotopic (exact) mass is 424 g/mol. The highest BCUT2D eigenvalue weighted by atomic mass is 32.2. The predicted molar refractivity (Wildman–Crippen MR) is 120 cm³/mol. The number of likely N-dealkylation sites (tertiary alicyclic amines) is 1. The van der Waals surface area contributed by atoms with Gasteiger partial charge in [-0.25, -0.2) is 9.50 Å². The van der Waals surface area contributed by atoms with E-state index in [1.807, 2.05) is 48.0 Å². The van der Waals surface area contributed by atoms with E-state index in [4.69, 9.17) is 4.74 Å². The third-order valence-corrected chi connectivity index (χ3v) is 6.55. The smallest absolute Gasteiger partial charge is 0.233 e. The number of benzene rings is 1. The number of fused-ring (bicyclic) bond motifs is 1. The topological polar surface area (TPSA) is 59.7 Å². The first-order valence-corrected chi connectivity index (χ1v) is 11.7. The van der Waals surface area contributed by atoms with Crippen molar-refractivity contribution in [2.75, 3.05) is 18.9 Å². The minimum atomic E-state index is 0.210. The van der Waals surface area contributed by atoms with Gasteiger partial charge in [0.05, 0.1) is 23.6 Å². The van der Waals surface area contributed by atoms with Gasteiger partial charge in [-0.15, -0.1) is 0 Å². The van der Waals surface area contributed by atoms with Crippen molar-refractivity contribution in [1.29, 1.82) is 0 Å². The van der Waals surface area contributed by atoms with Gasteiger partial charge in [0.15, 0.2) is 0 Å². The van der Waals surface area contributed by atoms with Gasteiger partial charge in [0, 0.05) is 30.5 Å². The Morgan fingerprint density at radius 1 is 1.23 bits per heavy atom. The molecule has 1 atom stereocenters. The van der Waals surface area contributed by atoms with Crippen molar-refractivity contribution in [3.63, 3.8) is 0 Å². The fourth-order valence-electron chi connectivity index (χ4n) is 4.01. The van der Waals surface area contributed by atoms with E-state index in [1.165, 1.54) is 18.2 Å². The van der Waals surface area contributed by atoms with Crippen LogP contribution in [0.2, 0.25) is 0 Å². The number of amides is 1. The number of nitrogens with zero attached hydrogens (tertiary/aromatic N) is 4. The van der Waals surface area contributed by atoms with Crippen LogP contribution in [0.3, 0.4) is 0 Å². The van der Waals surface area contributed by atoms with Crippen molar-refractivity contribution >= 4 is 23.2 Å². The summed E-state index contributed by atoms with van der Waals surface area (Å²) in [5, 5.41) is 5.52. The first-order valence-electron chi connectivity index (χ1n) is 10.7. The molecule has 3 heterocycles. The summed E-state index contributed by atoms with van der Waals surface area (Å²) in [5.41, 5.74) is 2.82. The quantitative estimate of drug-likeness (QED) is 0.516. The molecule has 1 aromatic carbocycles. The van der Waals surface area contributed by atoms with Crippen LogP contribution in [0.25, 0.3) is 16.8 Å². The normalized spacial score (nSPS) is 16.7. The minimum Gasteiger partial charge on any atom is -0.494 e. The third kappa shape index (κ3) is 4.46. The van der Waals surface area contributed by atoms with Crippen LogP contribution in [-0.4, -0.2) is 50.4 Å². The summed E-state index contributed by atoms with van der Waals surface area (Å²) in [6.45, 7) is 5.67. The number of rotatable bonds is 7. The van der Waals surface area contributed by atoms with Gasteiger partial charge < -0.3 is 9.64 Å². The lowest BCUT2D eigenvalue weighted by atomic mass is 10.0. The molecule has 6 nitrogen and oxygen atoms in total. The van der Waals surface area contributed by atoms with Crippen LogP contribution >= 0.6 is 11.8 Å². The van der Waals surface area contributed by atoms with Crippen molar-refractivity contribution in [2.45, 2.75) is 50.6 Å². The Morgan fingerprint density at radius 3 is 2.83 bits per heavy atom. The average Bonchev–Trinajstić information content (AvgIpc) is 3.23. The second-order valence-corrected chi connectivity index (χ2v) is 8.45. The Balaban J connectivity index is 1.50. The van der Waals surface area contributed by atoms with E-state index in [-0.39, 0.29) is 5.91 Å². The maximum Gasteiger partial charge on any atom is 0.233 e. The van der Waals surface area contributed by atoms with Gasteiger partial charge in [0.2, 0.25) is 5.91 Å². The minimum absolute atomic E-state index is 0.210. The van der Waals surface area contributed by atoms with Crippen molar-refractivity contribution in [2.24, 2.45) is 0 Å². The Morgan fingerprint density at radius 2 is 2.07 bits per heavy atom. The van der Waals surface area contributed by atoms with Crippen LogP contribution in [0.4, 0.5) is 0 Å². The van der Waals surface area contributed by atoms with Gasteiger partial charge in [-0.1, -0.05) is 18.7 Å². The van der Waals surface area contributed by atoms with Crippen LogP contribution in [0.5, 0.6) is 5.75 Å². The summed E-state index contributed by atoms with van der Waals surface area (Å²) >= 11 is 1.50. The predicted octanol–water partition coefficient (Wildman–Crippen LogP) is 4.68. The largest absolute Gasteiger partial charge is 0.494 e. The van der Waals surface area contributed by atoms with Crippen LogP contribution in [0.1, 0.15) is 39.5 Å². The molecule has 1 aliphatic heterocycles. The van der Waals surface area contributed by atoms with Crippen molar-refractivity contribution in [3.8, 4) is 17.0 Å². The standard InChI is InChI=1S/C23H28N4O2S/c1-3-18-7-5-6-13-26(18)22(28)16-30-23-21-15-20(25-27(21)14-12-24-23)17-8-10-19(11-9-17)29-4-2/h8-12,14-15,18H,3-7,13,16H2,1-2H3/t18-/m0/s1. The second kappa shape index (κ2) is 9.51. The van der Waals surface area contributed by atoms with Gasteiger partial charge in [-0.05, 0) is 62.9 Å². The number of carbonyl (C=O) groups is 1.